The van der Waals surface area contributed by atoms with E-state index < -0.39 is 0 Å². The van der Waals surface area contributed by atoms with E-state index in [1.54, 1.807) is 12.1 Å². The number of phenols is 1. The number of amides is 1. The molecule has 0 spiro atoms. The van der Waals surface area contributed by atoms with Gasteiger partial charge in [0.25, 0.3) is 0 Å². The lowest BCUT2D eigenvalue weighted by atomic mass is 9.99. The van der Waals surface area contributed by atoms with E-state index in [1.807, 2.05) is 12.1 Å². The maximum absolute atomic E-state index is 12.0. The molecule has 1 fully saturated rings. The largest absolute Gasteiger partial charge is 0.508 e. The van der Waals surface area contributed by atoms with Gasteiger partial charge in [-0.15, -0.1) is 0 Å². The van der Waals surface area contributed by atoms with E-state index in [9.17, 15) is 9.90 Å². The van der Waals surface area contributed by atoms with Crippen LogP contribution < -0.4 is 5.32 Å². The van der Waals surface area contributed by atoms with Crippen LogP contribution in [0.1, 0.15) is 44.1 Å². The molecule has 0 radical (unpaired) electrons. The fraction of sp³-hybridized carbons (Fsp3) is 0.533. The highest BCUT2D eigenvalue weighted by Gasteiger charge is 2.19. The molecule has 1 amide bonds. The summed E-state index contributed by atoms with van der Waals surface area (Å²) in [4.78, 5) is 12.0. The van der Waals surface area contributed by atoms with Crippen molar-refractivity contribution in [3.8, 4) is 5.75 Å². The molecule has 0 heterocycles. The molecule has 2 rings (SSSR count). The number of aromatic hydroxyl groups is 1. The first-order chi connectivity index (χ1) is 8.75. The normalized spacial score (nSPS) is 17.1. The minimum Gasteiger partial charge on any atom is -0.508 e. The first-order valence-corrected chi connectivity index (χ1v) is 6.81. The van der Waals surface area contributed by atoms with Gasteiger partial charge >= 0.3 is 0 Å². The lowest BCUT2D eigenvalue weighted by Crippen LogP contribution is -2.30. The van der Waals surface area contributed by atoms with Gasteiger partial charge in [-0.2, -0.15) is 0 Å². The van der Waals surface area contributed by atoms with E-state index >= 15 is 0 Å². The third kappa shape index (κ3) is 3.76. The third-order valence-corrected chi connectivity index (χ3v) is 3.63. The van der Waals surface area contributed by atoms with Crippen molar-refractivity contribution in [1.29, 1.82) is 0 Å². The quantitative estimate of drug-likeness (QED) is 0.807. The number of carbonyl (C=O) groups excluding carboxylic acids is 1. The summed E-state index contributed by atoms with van der Waals surface area (Å²) in [5.74, 6) is 0.642. The van der Waals surface area contributed by atoms with Gasteiger partial charge in [-0.25, -0.2) is 0 Å². The summed E-state index contributed by atoms with van der Waals surface area (Å²) in [6.07, 6.45) is 6.95. The van der Waals surface area contributed by atoms with E-state index in [4.69, 9.17) is 0 Å². The molecule has 98 valence electrons. The number of benzene rings is 1. The summed E-state index contributed by atoms with van der Waals surface area (Å²) in [5, 5.41) is 12.2. The third-order valence-electron chi connectivity index (χ3n) is 3.63. The zero-order chi connectivity index (χ0) is 12.8. The predicted molar refractivity (Wildman–Crippen MR) is 71.1 cm³/mol. The lowest BCUT2D eigenvalue weighted by molar-refractivity contribution is -0.125. The van der Waals surface area contributed by atoms with Gasteiger partial charge in [0.2, 0.25) is 5.91 Å². The van der Waals surface area contributed by atoms with E-state index in [0.717, 1.165) is 18.4 Å². The standard InChI is InChI=1S/C15H21NO2/c17-14-9-7-12(8-10-14)11-16-15(18)13-5-3-1-2-4-6-13/h7-10,13,17H,1-6,11H2,(H,16,18). The van der Waals surface area contributed by atoms with Crippen molar-refractivity contribution in [1.82, 2.24) is 5.32 Å². The van der Waals surface area contributed by atoms with Gasteiger partial charge in [0.05, 0.1) is 0 Å². The number of carbonyl (C=O) groups is 1. The molecule has 0 aliphatic heterocycles. The van der Waals surface area contributed by atoms with Crippen LogP contribution in [0.15, 0.2) is 24.3 Å². The Morgan fingerprint density at radius 1 is 1.11 bits per heavy atom. The van der Waals surface area contributed by atoms with Crippen molar-refractivity contribution in [3.63, 3.8) is 0 Å². The van der Waals surface area contributed by atoms with Crippen molar-refractivity contribution in [2.24, 2.45) is 5.92 Å². The molecule has 3 heteroatoms. The molecule has 0 aromatic heterocycles. The molecule has 1 aliphatic carbocycles. The maximum atomic E-state index is 12.0. The monoisotopic (exact) mass is 247 g/mol. The second-order valence-corrected chi connectivity index (χ2v) is 5.07. The Balaban J connectivity index is 1.81. The average Bonchev–Trinajstić information content (AvgIpc) is 2.66. The molecule has 18 heavy (non-hydrogen) atoms. The molecule has 0 saturated heterocycles. The second-order valence-electron chi connectivity index (χ2n) is 5.07. The Bertz CT molecular complexity index is 378. The van der Waals surface area contributed by atoms with Crippen LogP contribution >= 0.6 is 0 Å². The summed E-state index contributed by atoms with van der Waals surface area (Å²) in [6.45, 7) is 0.551. The molecule has 0 bridgehead atoms. The summed E-state index contributed by atoms with van der Waals surface area (Å²) in [7, 11) is 0. The van der Waals surface area contributed by atoms with Crippen molar-refractivity contribution in [2.75, 3.05) is 0 Å². The van der Waals surface area contributed by atoms with Crippen LogP contribution in [-0.4, -0.2) is 11.0 Å². The van der Waals surface area contributed by atoms with Crippen LogP contribution in [0.4, 0.5) is 0 Å². The number of phenolic OH excluding ortho intramolecular Hbond substituents is 1. The Kier molecular flexibility index (Phi) is 4.62. The molecule has 1 aromatic carbocycles. The Morgan fingerprint density at radius 2 is 1.72 bits per heavy atom. The molecule has 0 atom stereocenters. The summed E-state index contributed by atoms with van der Waals surface area (Å²) in [6, 6.07) is 6.96. The number of hydrogen-bond donors (Lipinski definition) is 2. The highest BCUT2D eigenvalue weighted by molar-refractivity contribution is 5.78. The van der Waals surface area contributed by atoms with Gasteiger partial charge in [-0.1, -0.05) is 37.8 Å². The SMILES string of the molecule is O=C(NCc1ccc(O)cc1)C1CCCCCC1. The van der Waals surface area contributed by atoms with Gasteiger partial charge in [-0.3, -0.25) is 4.79 Å². The number of rotatable bonds is 3. The van der Waals surface area contributed by atoms with Gasteiger partial charge in [0.1, 0.15) is 5.75 Å². The Hall–Kier alpha value is -1.51. The lowest BCUT2D eigenvalue weighted by Gasteiger charge is -2.14. The molecule has 2 N–H and O–H groups in total. The highest BCUT2D eigenvalue weighted by Crippen LogP contribution is 2.23. The second kappa shape index (κ2) is 6.43. The molecule has 1 aromatic rings. The zero-order valence-corrected chi connectivity index (χ0v) is 10.7. The van der Waals surface area contributed by atoms with Crippen molar-refractivity contribution < 1.29 is 9.90 Å². The fourth-order valence-corrected chi connectivity index (χ4v) is 2.49. The first kappa shape index (κ1) is 12.9. The van der Waals surface area contributed by atoms with Crippen LogP contribution in [0, 0.1) is 5.92 Å². The van der Waals surface area contributed by atoms with Crippen LogP contribution in [0.25, 0.3) is 0 Å². The van der Waals surface area contributed by atoms with Crippen LogP contribution in [0.5, 0.6) is 5.75 Å². The highest BCUT2D eigenvalue weighted by atomic mass is 16.3. The van der Waals surface area contributed by atoms with Crippen LogP contribution in [-0.2, 0) is 11.3 Å². The summed E-state index contributed by atoms with van der Waals surface area (Å²) >= 11 is 0. The smallest absolute Gasteiger partial charge is 0.223 e. The molecular formula is C15H21NO2. The van der Waals surface area contributed by atoms with E-state index in [-0.39, 0.29) is 17.6 Å². The number of nitrogens with one attached hydrogen (secondary N) is 1. The van der Waals surface area contributed by atoms with Crippen molar-refractivity contribution in [2.45, 2.75) is 45.1 Å². The van der Waals surface area contributed by atoms with E-state index in [1.165, 1.54) is 25.7 Å². The predicted octanol–water partition coefficient (Wildman–Crippen LogP) is 2.98. The summed E-state index contributed by atoms with van der Waals surface area (Å²) < 4.78 is 0. The molecule has 0 unspecified atom stereocenters. The molecule has 3 nitrogen and oxygen atoms in total. The topological polar surface area (TPSA) is 49.3 Å². The minimum absolute atomic E-state index is 0.185. The van der Waals surface area contributed by atoms with Gasteiger partial charge in [0.15, 0.2) is 0 Å². The molecule has 1 aliphatic rings. The van der Waals surface area contributed by atoms with Gasteiger partial charge in [0, 0.05) is 12.5 Å². The molecular weight excluding hydrogens is 226 g/mol. The van der Waals surface area contributed by atoms with Gasteiger partial charge in [-0.05, 0) is 30.5 Å². The zero-order valence-electron chi connectivity index (χ0n) is 10.7. The van der Waals surface area contributed by atoms with E-state index in [2.05, 4.69) is 5.32 Å². The Morgan fingerprint density at radius 3 is 2.33 bits per heavy atom. The van der Waals surface area contributed by atoms with Crippen molar-refractivity contribution in [3.05, 3.63) is 29.8 Å². The van der Waals surface area contributed by atoms with Crippen molar-refractivity contribution >= 4 is 5.91 Å². The molecule has 1 saturated carbocycles. The maximum Gasteiger partial charge on any atom is 0.223 e. The summed E-state index contributed by atoms with van der Waals surface area (Å²) in [5.41, 5.74) is 1.02. The van der Waals surface area contributed by atoms with E-state index in [0.29, 0.717) is 6.54 Å². The Labute approximate surface area is 108 Å². The van der Waals surface area contributed by atoms with Gasteiger partial charge < -0.3 is 10.4 Å². The van der Waals surface area contributed by atoms with Crippen LogP contribution in [0.3, 0.4) is 0 Å². The minimum atomic E-state index is 0.185. The fourth-order valence-electron chi connectivity index (χ4n) is 2.49. The first-order valence-electron chi connectivity index (χ1n) is 6.81. The average molecular weight is 247 g/mol. The number of hydrogen-bond acceptors (Lipinski definition) is 2. The van der Waals surface area contributed by atoms with Crippen LogP contribution in [0.2, 0.25) is 0 Å².